The summed E-state index contributed by atoms with van der Waals surface area (Å²) in [6.07, 6.45) is 7.92. The highest BCUT2D eigenvalue weighted by Crippen LogP contribution is 2.44. The van der Waals surface area contributed by atoms with Gasteiger partial charge in [0.2, 0.25) is 70.9 Å². The minimum atomic E-state index is -4.50. The Morgan fingerprint density at radius 1 is 0.600 bits per heavy atom. The van der Waals surface area contributed by atoms with Gasteiger partial charge in [0.05, 0.1) is 18.9 Å². The number of fused-ring (bicyclic) bond motifs is 2. The van der Waals surface area contributed by atoms with E-state index >= 15 is 19.2 Å². The molecule has 13 atom stereocenters. The van der Waals surface area contributed by atoms with Crippen molar-refractivity contribution in [2.24, 2.45) is 29.6 Å². The van der Waals surface area contributed by atoms with Crippen LogP contribution in [0.4, 0.5) is 13.2 Å². The lowest BCUT2D eigenvalue weighted by Gasteiger charge is -2.44. The van der Waals surface area contributed by atoms with Crippen molar-refractivity contribution in [1.29, 1.82) is 0 Å². The number of amides is 12. The zero-order valence-electron chi connectivity index (χ0n) is 60.7. The maximum Gasteiger partial charge on any atom is 0.393 e. The van der Waals surface area contributed by atoms with Crippen molar-refractivity contribution in [2.75, 3.05) is 68.0 Å². The Hall–Kier alpha value is -6.28. The van der Waals surface area contributed by atoms with Crippen LogP contribution >= 0.6 is 11.6 Å². The van der Waals surface area contributed by atoms with Gasteiger partial charge < -0.3 is 60.5 Å². The fraction of sp³-hybridized carbons (Fsp3) is 0.833. The molecule has 4 aliphatic carbocycles. The number of rotatable bonds is 13. The minimum Gasteiger partial charge on any atom is -0.343 e. The zero-order chi connectivity index (χ0) is 73.1. The van der Waals surface area contributed by atoms with Gasteiger partial charge in [0.1, 0.15) is 59.9 Å². The van der Waals surface area contributed by atoms with Crippen LogP contribution in [0.2, 0.25) is 0 Å². The van der Waals surface area contributed by atoms with Crippen LogP contribution in [0.1, 0.15) is 214 Å². The van der Waals surface area contributed by atoms with Gasteiger partial charge in [-0.2, -0.15) is 13.2 Å². The molecule has 8 rings (SSSR count). The van der Waals surface area contributed by atoms with Crippen molar-refractivity contribution in [3.63, 3.8) is 0 Å². The number of nitrogens with one attached hydrogen (secondary N) is 4. The predicted octanol–water partition coefficient (Wildman–Crippen LogP) is 6.04. The Kier molecular flexibility index (Phi) is 28.0. The molecule has 0 bridgehead atoms. The van der Waals surface area contributed by atoms with E-state index in [-0.39, 0.29) is 101 Å². The quantitative estimate of drug-likeness (QED) is 0.121. The summed E-state index contributed by atoms with van der Waals surface area (Å²) in [6, 6.07) is -10.6. The highest BCUT2D eigenvalue weighted by atomic mass is 35.5. The molecule has 8 aliphatic rings. The van der Waals surface area contributed by atoms with E-state index in [0.717, 1.165) is 51.4 Å². The lowest BCUT2D eigenvalue weighted by Crippen LogP contribution is -2.65. The highest BCUT2D eigenvalue weighted by molar-refractivity contribution is 6.21. The Morgan fingerprint density at radius 2 is 1.26 bits per heavy atom. The van der Waals surface area contributed by atoms with Crippen molar-refractivity contribution in [3.8, 4) is 0 Å². The SMILES string of the molecule is CCCCC[C@H]1C(=O)N[C@@H]([C@@H](C)CC)C(=O)N[C@@H](C)C(=O)N2CC[C@H]2C(=O)N(C)[C@@H](CC2CCCCC2)C(=O)N(C)CC(=O)N[C@@H](CCC2CCC(C(F)(F)F)C(Cl)C2)C(=O)N2CCC[C@H]2C(=O)NC2(CCCC2)C(=O)N(C)[C@@H](C2CCCC2)C(=O)N(C)[C@H](C(=O)N2CCC2)CC(=O)N1C. The number of hydrogen-bond acceptors (Lipinski definition) is 12. The van der Waals surface area contributed by atoms with Crippen LogP contribution in [0.15, 0.2) is 0 Å². The van der Waals surface area contributed by atoms with E-state index in [4.69, 9.17) is 11.6 Å². The van der Waals surface area contributed by atoms with Crippen LogP contribution in [0, 0.1) is 29.6 Å². The van der Waals surface area contributed by atoms with Gasteiger partial charge >= 0.3 is 6.18 Å². The topological polar surface area (TPSA) is 279 Å². The van der Waals surface area contributed by atoms with E-state index in [2.05, 4.69) is 21.3 Å². The molecule has 4 heterocycles. The first-order valence-electron chi connectivity index (χ1n) is 37.6. The molecule has 4 aliphatic heterocycles. The van der Waals surface area contributed by atoms with Gasteiger partial charge in [-0.1, -0.05) is 104 Å². The molecule has 0 aromatic heterocycles. The Morgan fingerprint density at radius 3 is 1.86 bits per heavy atom. The van der Waals surface area contributed by atoms with Gasteiger partial charge in [-0.15, -0.1) is 11.6 Å². The van der Waals surface area contributed by atoms with Crippen molar-refractivity contribution in [1.82, 2.24) is 60.5 Å². The second-order valence-electron chi connectivity index (χ2n) is 30.6. The molecule has 12 amide bonds. The first kappa shape index (κ1) is 79.4. The zero-order valence-corrected chi connectivity index (χ0v) is 61.4. The number of likely N-dealkylation sites (tertiary alicyclic amines) is 1. The molecule has 3 unspecified atom stereocenters. The molecule has 8 fully saturated rings. The number of carbonyl (C=O) groups is 12. The van der Waals surface area contributed by atoms with Gasteiger partial charge in [0, 0.05) is 66.8 Å². The molecule has 0 aromatic rings. The third-order valence-corrected chi connectivity index (χ3v) is 24.3. The number of alkyl halides is 4. The number of unbranched alkanes of at least 4 members (excludes halogenated alkanes) is 2. The van der Waals surface area contributed by atoms with Gasteiger partial charge in [-0.05, 0) is 127 Å². The lowest BCUT2D eigenvalue weighted by atomic mass is 9.78. The number of likely N-dealkylation sites (N-methyl/N-ethyl adjacent to an activating group) is 5. The summed E-state index contributed by atoms with van der Waals surface area (Å²) in [5.74, 6) is -10.2. The normalized spacial score (nSPS) is 31.5. The Balaban J connectivity index is 1.15. The van der Waals surface area contributed by atoms with Crippen molar-refractivity contribution < 1.29 is 70.7 Å². The van der Waals surface area contributed by atoms with Gasteiger partial charge in [-0.25, -0.2) is 0 Å². The number of nitrogens with zero attached hydrogens (tertiary/aromatic N) is 8. The van der Waals surface area contributed by atoms with Crippen molar-refractivity contribution in [2.45, 2.75) is 285 Å². The first-order valence-corrected chi connectivity index (χ1v) is 38.0. The van der Waals surface area contributed by atoms with E-state index in [0.29, 0.717) is 70.9 Å². The minimum absolute atomic E-state index is 0.00547. The standard InChI is InChI=1S/C72H114ClF3N12O12/c1-10-12-14-27-52-61(91)79-59(44(3)11-2)63(93)77-45(4)64(94)88-39-33-54(88)67(97)83(7)55(41-46-23-15-13-16-24-46)66(96)81(5)43-57(89)78-51(32-30-47-29-31-49(50(73)40-47)72(74,75)76)65(95)87-38-21-28-53(87)62(92)80-71(34-19-20-35-71)70(100)85(9)60(48-25-17-18-26-48)69(99)84(8)56(42-58(90)82(52)6)68(98)86-36-22-37-86/h44-56,59-60H,10-43H2,1-9H3,(H,77,93)(H,78,89)(H,79,91)(H,80,92)/t44-,45-,47?,49?,50?,51-,52-,53-,54-,55-,56-,59-,60-/m0/s1. The van der Waals surface area contributed by atoms with Crippen LogP contribution in [0.25, 0.3) is 0 Å². The molecule has 24 nitrogen and oxygen atoms in total. The van der Waals surface area contributed by atoms with Crippen LogP contribution in [-0.4, -0.2) is 250 Å². The smallest absolute Gasteiger partial charge is 0.343 e. The molecule has 0 radical (unpaired) electrons. The fourth-order valence-corrected chi connectivity index (χ4v) is 17.5. The maximum atomic E-state index is 15.6. The summed E-state index contributed by atoms with van der Waals surface area (Å²) in [4.78, 5) is 190. The second kappa shape index (κ2) is 35.3. The Bertz CT molecular complexity index is 2940. The Labute approximate surface area is 594 Å². The van der Waals surface area contributed by atoms with Crippen molar-refractivity contribution >= 4 is 82.5 Å². The number of hydrogen-bond donors (Lipinski definition) is 4. The number of carbonyl (C=O) groups excluding carboxylic acids is 12. The predicted molar refractivity (Wildman–Crippen MR) is 368 cm³/mol. The average Bonchev–Trinajstić information content (AvgIpc) is 1.50. The monoisotopic (exact) mass is 1430 g/mol. The lowest BCUT2D eigenvalue weighted by molar-refractivity contribution is -0.182. The maximum absolute atomic E-state index is 15.6. The van der Waals surface area contributed by atoms with Gasteiger partial charge in [0.15, 0.2) is 0 Å². The molecule has 100 heavy (non-hydrogen) atoms. The molecule has 4 saturated heterocycles. The molecule has 0 aromatic carbocycles. The molecular formula is C72H114ClF3N12O12. The molecular weight excluding hydrogens is 1320 g/mol. The van der Waals surface area contributed by atoms with E-state index in [1.807, 2.05) is 13.8 Å². The third kappa shape index (κ3) is 18.7. The van der Waals surface area contributed by atoms with Gasteiger partial charge in [0.25, 0.3) is 0 Å². The number of halogens is 4. The second-order valence-corrected chi connectivity index (χ2v) is 31.2. The van der Waals surface area contributed by atoms with Crippen LogP contribution in [0.5, 0.6) is 0 Å². The fourth-order valence-electron chi connectivity index (χ4n) is 17.0. The highest BCUT2D eigenvalue weighted by Gasteiger charge is 2.53. The summed E-state index contributed by atoms with van der Waals surface area (Å²) < 4.78 is 42.1. The summed E-state index contributed by atoms with van der Waals surface area (Å²) in [6.45, 7) is 7.52. The molecule has 4 N–H and O–H groups in total. The summed E-state index contributed by atoms with van der Waals surface area (Å²) in [7, 11) is 7.34. The van der Waals surface area contributed by atoms with Crippen LogP contribution < -0.4 is 21.3 Å². The van der Waals surface area contributed by atoms with E-state index < -0.39 is 167 Å². The van der Waals surface area contributed by atoms with E-state index in [9.17, 15) is 51.5 Å². The van der Waals surface area contributed by atoms with Crippen LogP contribution in [0.3, 0.4) is 0 Å². The van der Waals surface area contributed by atoms with E-state index in [1.165, 1.54) is 76.5 Å². The molecule has 562 valence electrons. The van der Waals surface area contributed by atoms with Gasteiger partial charge in [-0.3, -0.25) is 57.5 Å². The summed E-state index contributed by atoms with van der Waals surface area (Å²) in [5.41, 5.74) is -1.54. The first-order chi connectivity index (χ1) is 47.4. The molecule has 28 heteroatoms. The van der Waals surface area contributed by atoms with Crippen LogP contribution in [-0.2, 0) is 57.5 Å². The van der Waals surface area contributed by atoms with E-state index in [1.54, 1.807) is 11.8 Å². The summed E-state index contributed by atoms with van der Waals surface area (Å²) >= 11 is 6.41. The largest absolute Gasteiger partial charge is 0.393 e. The third-order valence-electron chi connectivity index (χ3n) is 23.8. The molecule has 4 saturated carbocycles. The van der Waals surface area contributed by atoms with Crippen molar-refractivity contribution in [3.05, 3.63) is 0 Å². The average molecular weight is 1430 g/mol. The molecule has 1 spiro atoms. The summed E-state index contributed by atoms with van der Waals surface area (Å²) in [5, 5.41) is 10.4.